The van der Waals surface area contributed by atoms with Gasteiger partial charge in [-0.3, -0.25) is 9.59 Å². The molecule has 0 spiro atoms. The molecule has 1 aromatic heterocycles. The molecule has 1 heterocycles. The van der Waals surface area contributed by atoms with Crippen LogP contribution in [0.5, 0.6) is 11.5 Å². The molecule has 0 fully saturated rings. The van der Waals surface area contributed by atoms with E-state index in [1.165, 1.54) is 38.4 Å². The van der Waals surface area contributed by atoms with Crippen molar-refractivity contribution in [3.63, 3.8) is 0 Å². The fourth-order valence-electron chi connectivity index (χ4n) is 2.42. The number of benzene rings is 1. The molecule has 0 saturated heterocycles. The van der Waals surface area contributed by atoms with Gasteiger partial charge in [-0.2, -0.15) is 0 Å². The van der Waals surface area contributed by atoms with Gasteiger partial charge >= 0.3 is 0 Å². The molecule has 0 aliphatic rings. The van der Waals surface area contributed by atoms with Crippen LogP contribution in [0.2, 0.25) is 0 Å². The number of nitrogens with zero attached hydrogens (tertiary/aromatic N) is 1. The Morgan fingerprint density at radius 2 is 1.90 bits per heavy atom. The van der Waals surface area contributed by atoms with Gasteiger partial charge in [0.1, 0.15) is 5.82 Å². The van der Waals surface area contributed by atoms with Crippen LogP contribution in [0.15, 0.2) is 36.5 Å². The van der Waals surface area contributed by atoms with E-state index in [0.717, 1.165) is 0 Å². The Balaban J connectivity index is 2.01. The summed E-state index contributed by atoms with van der Waals surface area (Å²) in [5, 5.41) is 5.40. The molecule has 31 heavy (non-hydrogen) atoms. The highest BCUT2D eigenvalue weighted by atomic mass is 19.3. The molecule has 168 valence electrons. The Hall–Kier alpha value is -3.23. The fraction of sp³-hybridized carbons (Fsp3) is 0.409. The van der Waals surface area contributed by atoms with E-state index in [4.69, 9.17) is 9.47 Å². The van der Waals surface area contributed by atoms with E-state index < -0.39 is 12.5 Å². The molecule has 0 saturated carbocycles. The van der Waals surface area contributed by atoms with Crippen LogP contribution in [0.4, 0.5) is 14.6 Å². The van der Waals surface area contributed by atoms with Gasteiger partial charge in [-0.1, -0.05) is 26.8 Å². The van der Waals surface area contributed by atoms with Gasteiger partial charge in [0.05, 0.1) is 7.11 Å². The number of ether oxygens (including phenoxy) is 2. The number of amides is 2. The van der Waals surface area contributed by atoms with Crippen LogP contribution in [0.25, 0.3) is 0 Å². The third kappa shape index (κ3) is 7.20. The van der Waals surface area contributed by atoms with Crippen molar-refractivity contribution in [2.45, 2.75) is 39.7 Å². The normalized spacial score (nSPS) is 11.2. The molecular formula is C22H27F2N3O4. The van der Waals surface area contributed by atoms with Crippen molar-refractivity contribution in [1.82, 2.24) is 10.3 Å². The molecule has 9 heteroatoms. The molecule has 2 rings (SSSR count). The van der Waals surface area contributed by atoms with E-state index in [2.05, 4.69) is 15.6 Å². The lowest BCUT2D eigenvalue weighted by Gasteiger charge is -2.17. The molecule has 0 atom stereocenters. The SMILES string of the molecule is CCC(F)(F)COc1ccc(CNC(=O)c2ccnc(NC(=O)C(C)C)c2)cc1OC. The lowest BCUT2D eigenvalue weighted by Crippen LogP contribution is -2.25. The van der Waals surface area contributed by atoms with Gasteiger partial charge < -0.3 is 20.1 Å². The van der Waals surface area contributed by atoms with E-state index in [-0.39, 0.29) is 36.4 Å². The number of carbonyl (C=O) groups is 2. The van der Waals surface area contributed by atoms with Crippen molar-refractivity contribution in [2.24, 2.45) is 5.92 Å². The second-order valence-corrected chi connectivity index (χ2v) is 7.24. The summed E-state index contributed by atoms with van der Waals surface area (Å²) in [6.07, 6.45) is 1.11. The smallest absolute Gasteiger partial charge is 0.281 e. The zero-order valence-electron chi connectivity index (χ0n) is 18.0. The summed E-state index contributed by atoms with van der Waals surface area (Å²) in [5.41, 5.74) is 1.03. The monoisotopic (exact) mass is 435 g/mol. The van der Waals surface area contributed by atoms with E-state index in [0.29, 0.717) is 22.7 Å². The summed E-state index contributed by atoms with van der Waals surface area (Å²) >= 11 is 0. The van der Waals surface area contributed by atoms with Crippen LogP contribution in [-0.4, -0.2) is 36.4 Å². The number of pyridine rings is 1. The van der Waals surface area contributed by atoms with Crippen LogP contribution >= 0.6 is 0 Å². The minimum atomic E-state index is -2.92. The molecule has 0 aliphatic carbocycles. The zero-order chi connectivity index (χ0) is 23.0. The molecule has 0 bridgehead atoms. The van der Waals surface area contributed by atoms with Crippen molar-refractivity contribution in [3.05, 3.63) is 47.7 Å². The number of alkyl halides is 2. The summed E-state index contributed by atoms with van der Waals surface area (Å²) in [5.74, 6) is -2.91. The number of rotatable bonds is 10. The molecule has 0 radical (unpaired) electrons. The molecular weight excluding hydrogens is 408 g/mol. The van der Waals surface area contributed by atoms with Gasteiger partial charge in [0.15, 0.2) is 18.1 Å². The van der Waals surface area contributed by atoms with E-state index in [1.54, 1.807) is 26.0 Å². The molecule has 2 N–H and O–H groups in total. The molecule has 0 unspecified atom stereocenters. The van der Waals surface area contributed by atoms with Crippen LogP contribution in [0.1, 0.15) is 43.1 Å². The van der Waals surface area contributed by atoms with Gasteiger partial charge in [0, 0.05) is 30.6 Å². The summed E-state index contributed by atoms with van der Waals surface area (Å²) < 4.78 is 37.3. The third-order valence-electron chi connectivity index (χ3n) is 4.43. The quantitative estimate of drug-likeness (QED) is 0.588. The minimum absolute atomic E-state index is 0.177. The molecule has 0 aliphatic heterocycles. The minimum Gasteiger partial charge on any atom is -0.493 e. The maximum absolute atomic E-state index is 13.4. The Morgan fingerprint density at radius 3 is 2.55 bits per heavy atom. The van der Waals surface area contributed by atoms with Gasteiger partial charge in [0.25, 0.3) is 11.8 Å². The topological polar surface area (TPSA) is 89.5 Å². The van der Waals surface area contributed by atoms with Crippen molar-refractivity contribution in [2.75, 3.05) is 19.0 Å². The number of nitrogens with one attached hydrogen (secondary N) is 2. The van der Waals surface area contributed by atoms with Crippen molar-refractivity contribution in [3.8, 4) is 11.5 Å². The molecule has 1 aromatic carbocycles. The first-order chi connectivity index (χ1) is 14.6. The standard InChI is InChI=1S/C22H27F2N3O4/c1-5-22(23,24)13-31-17-7-6-15(10-18(17)30-4)12-26-21(29)16-8-9-25-19(11-16)27-20(28)14(2)3/h6-11,14H,5,12-13H2,1-4H3,(H,26,29)(H,25,27,28). The van der Waals surface area contributed by atoms with Crippen LogP contribution in [0.3, 0.4) is 0 Å². The van der Waals surface area contributed by atoms with Gasteiger partial charge in [-0.05, 0) is 29.8 Å². The third-order valence-corrected chi connectivity index (χ3v) is 4.43. The number of hydrogen-bond donors (Lipinski definition) is 2. The van der Waals surface area contributed by atoms with E-state index in [9.17, 15) is 18.4 Å². The number of halogens is 2. The highest BCUT2D eigenvalue weighted by Crippen LogP contribution is 2.30. The fourth-order valence-corrected chi connectivity index (χ4v) is 2.42. The van der Waals surface area contributed by atoms with Crippen LogP contribution in [0, 0.1) is 5.92 Å². The van der Waals surface area contributed by atoms with Gasteiger partial charge in [0.2, 0.25) is 5.91 Å². The number of anilines is 1. The Labute approximate surface area is 180 Å². The predicted molar refractivity (Wildman–Crippen MR) is 113 cm³/mol. The summed E-state index contributed by atoms with van der Waals surface area (Å²) in [6.45, 7) is 4.33. The molecule has 2 amide bonds. The number of hydrogen-bond acceptors (Lipinski definition) is 5. The average molecular weight is 435 g/mol. The van der Waals surface area contributed by atoms with Crippen LogP contribution in [-0.2, 0) is 11.3 Å². The number of methoxy groups -OCH3 is 1. The maximum Gasteiger partial charge on any atom is 0.281 e. The molecule has 7 nitrogen and oxygen atoms in total. The Kier molecular flexibility index (Phi) is 8.30. The first-order valence-electron chi connectivity index (χ1n) is 9.88. The van der Waals surface area contributed by atoms with Crippen LogP contribution < -0.4 is 20.1 Å². The van der Waals surface area contributed by atoms with Gasteiger partial charge in [-0.25, -0.2) is 13.8 Å². The summed E-state index contributed by atoms with van der Waals surface area (Å²) in [7, 11) is 1.41. The van der Waals surface area contributed by atoms with Crippen molar-refractivity contribution in [1.29, 1.82) is 0 Å². The Morgan fingerprint density at radius 1 is 1.16 bits per heavy atom. The lowest BCUT2D eigenvalue weighted by molar-refractivity contribution is -0.118. The van der Waals surface area contributed by atoms with Crippen molar-refractivity contribution < 1.29 is 27.8 Å². The van der Waals surface area contributed by atoms with Gasteiger partial charge in [-0.15, -0.1) is 0 Å². The predicted octanol–water partition coefficient (Wildman–Crippen LogP) is 4.04. The maximum atomic E-state index is 13.4. The number of carbonyl (C=O) groups excluding carboxylic acids is 2. The first-order valence-corrected chi connectivity index (χ1v) is 9.88. The largest absolute Gasteiger partial charge is 0.493 e. The summed E-state index contributed by atoms with van der Waals surface area (Å²) in [6, 6.07) is 7.81. The Bertz CT molecular complexity index is 919. The first kappa shape index (κ1) is 24.0. The highest BCUT2D eigenvalue weighted by Gasteiger charge is 2.27. The molecule has 2 aromatic rings. The average Bonchev–Trinajstić information content (AvgIpc) is 2.76. The van der Waals surface area contributed by atoms with E-state index in [1.807, 2.05) is 0 Å². The van der Waals surface area contributed by atoms with E-state index >= 15 is 0 Å². The highest BCUT2D eigenvalue weighted by molar-refractivity contribution is 5.96. The van der Waals surface area contributed by atoms with Crippen molar-refractivity contribution >= 4 is 17.6 Å². The zero-order valence-corrected chi connectivity index (χ0v) is 18.0. The lowest BCUT2D eigenvalue weighted by atomic mass is 10.1. The second-order valence-electron chi connectivity index (χ2n) is 7.24. The summed E-state index contributed by atoms with van der Waals surface area (Å²) in [4.78, 5) is 28.3. The second kappa shape index (κ2) is 10.7. The number of aromatic nitrogens is 1.